The van der Waals surface area contributed by atoms with Crippen molar-refractivity contribution in [3.05, 3.63) is 234 Å². The number of rotatable bonds is 29. The van der Waals surface area contributed by atoms with Gasteiger partial charge in [0.1, 0.15) is 5.82 Å². The van der Waals surface area contributed by atoms with Crippen molar-refractivity contribution in [3.63, 3.8) is 0 Å². The van der Waals surface area contributed by atoms with Crippen molar-refractivity contribution < 1.29 is 85.5 Å². The SMILES string of the molecule is COc1cc(C(=O)N(CC2CCCO2)c2nc(-c3ccc(CO)cc3)cs2)cc(C)c1OC.COc1cc(C(=O)N(CC2CCCO2)c2nc(-c3ccc(Cl)cc3)cs2)cc(C)c1OC.COc1cc(C(=O)N(CC2CCCO2)c2nc(-c3ccc(F)cc3)cs2)cc(C)c1OC.COc1cc(C(=O)N(CC2CCCO2)c2nc(-c3ccccc3)cs2)cc(C)c1OC. The number of aryl methyl sites for hydroxylation is 4. The maximum absolute atomic E-state index is 13.7. The number of aliphatic hydroxyl groups excluding tert-OH is 1. The summed E-state index contributed by atoms with van der Waals surface area (Å²) in [5.74, 6) is 3.60. The smallest absolute Gasteiger partial charge is 0.260 e. The highest BCUT2D eigenvalue weighted by Gasteiger charge is 2.34. The number of anilines is 4. The summed E-state index contributed by atoms with van der Waals surface area (Å²) in [6, 6.07) is 45.3. The van der Waals surface area contributed by atoms with Gasteiger partial charge in [-0.3, -0.25) is 38.8 Å². The first-order valence-electron chi connectivity index (χ1n) is 41.9. The standard InChI is InChI=1S/C25H28N2O5S.C24H25ClN2O4S.C24H25FN2O4S.C24H26N2O4S/c1-16-11-19(12-22(30-2)23(16)31-3)24(29)27(13-20-5-4-10-32-20)25-26-21(15-33-25)18-8-6-17(14-28)7-9-18;2*1-15-11-17(12-21(29-2)22(15)30-3)23(28)27(13-19-5-4-10-31-19)24-26-20(14-32-24)16-6-8-18(25)9-7-16;1-16-12-18(13-21(28-2)22(16)29-3)23(27)26(14-19-10-7-11-30-19)24-25-20(15-31-24)17-8-5-4-6-9-17/h6-9,11-12,15,20,28H,4-5,10,13-14H2,1-3H3;2*6-9,11-12,14,19H,4-5,10,13H2,1-3H3;4-6,8-9,12-13,15,19H,7,10-11,14H2,1-3H3. The average Bonchev–Trinajstić information content (AvgIpc) is 0.846. The maximum atomic E-state index is 13.7. The highest BCUT2D eigenvalue weighted by molar-refractivity contribution is 7.15. The normalized spacial score (nSPS) is 15.6. The molecule has 1 N–H and O–H groups in total. The van der Waals surface area contributed by atoms with E-state index in [-0.39, 0.29) is 60.5 Å². The van der Waals surface area contributed by atoms with E-state index >= 15 is 0 Å². The molecule has 0 aliphatic carbocycles. The van der Waals surface area contributed by atoms with Crippen LogP contribution in [-0.2, 0) is 25.6 Å². The first-order chi connectivity index (χ1) is 62.1. The zero-order valence-corrected chi connectivity index (χ0v) is 77.5. The van der Waals surface area contributed by atoms with Gasteiger partial charge in [0.25, 0.3) is 23.6 Å². The van der Waals surface area contributed by atoms with Gasteiger partial charge < -0.3 is 61.9 Å². The van der Waals surface area contributed by atoms with E-state index in [4.69, 9.17) is 83.4 Å². The van der Waals surface area contributed by atoms with Crippen molar-refractivity contribution in [1.82, 2.24) is 19.9 Å². The summed E-state index contributed by atoms with van der Waals surface area (Å²) in [6.45, 7) is 12.2. The van der Waals surface area contributed by atoms with Gasteiger partial charge in [-0.25, -0.2) is 24.3 Å². The Balaban J connectivity index is 0.000000146. The Morgan fingerprint density at radius 3 is 0.875 bits per heavy atom. The largest absolute Gasteiger partial charge is 0.493 e. The molecule has 8 heterocycles. The number of carbonyl (C=O) groups is 4. The lowest BCUT2D eigenvalue weighted by Gasteiger charge is -2.24. The van der Waals surface area contributed by atoms with Crippen molar-refractivity contribution in [3.8, 4) is 91.0 Å². The molecule has 4 fully saturated rings. The molecule has 4 aromatic heterocycles. The molecule has 4 aliphatic heterocycles. The molecule has 4 unspecified atom stereocenters. The van der Waals surface area contributed by atoms with Crippen LogP contribution in [0.25, 0.3) is 45.0 Å². The van der Waals surface area contributed by atoms with E-state index in [0.717, 1.165) is 132 Å². The molecule has 16 rings (SSSR count). The molecule has 25 nitrogen and oxygen atoms in total. The van der Waals surface area contributed by atoms with Crippen LogP contribution in [0.5, 0.6) is 46.0 Å². The van der Waals surface area contributed by atoms with Gasteiger partial charge in [-0.1, -0.05) is 78.3 Å². The number of amides is 4. The lowest BCUT2D eigenvalue weighted by atomic mass is 10.1. The fraction of sp³-hybridized carbons (Fsp3) is 0.340. The number of aliphatic hydroxyl groups is 1. The third kappa shape index (κ3) is 23.2. The van der Waals surface area contributed by atoms with Crippen LogP contribution in [0.3, 0.4) is 0 Å². The number of nitrogens with zero attached hydrogens (tertiary/aromatic N) is 8. The number of carbonyl (C=O) groups excluding carboxylic acids is 4. The van der Waals surface area contributed by atoms with Crippen LogP contribution >= 0.6 is 56.9 Å². The number of thiazole rings is 4. The summed E-state index contributed by atoms with van der Waals surface area (Å²) in [4.78, 5) is 80.4. The summed E-state index contributed by atoms with van der Waals surface area (Å²) in [7, 11) is 12.6. The van der Waals surface area contributed by atoms with Crippen molar-refractivity contribution in [1.29, 1.82) is 0 Å². The molecule has 0 radical (unpaired) electrons. The minimum Gasteiger partial charge on any atom is -0.493 e. The Labute approximate surface area is 765 Å². The molecule has 672 valence electrons. The fourth-order valence-electron chi connectivity index (χ4n) is 15.4. The molecule has 4 atom stereocenters. The topological polar surface area (TPSA) is 264 Å². The van der Waals surface area contributed by atoms with Crippen LogP contribution in [0, 0.1) is 33.5 Å². The zero-order valence-electron chi connectivity index (χ0n) is 73.5. The summed E-state index contributed by atoms with van der Waals surface area (Å²) in [6.07, 6.45) is 7.56. The highest BCUT2D eigenvalue weighted by atomic mass is 35.5. The average molecular weight is 1840 g/mol. The molecule has 12 aromatic rings. The van der Waals surface area contributed by atoms with Crippen molar-refractivity contribution in [2.24, 2.45) is 0 Å². The first-order valence-corrected chi connectivity index (χ1v) is 45.8. The molecule has 0 saturated carbocycles. The highest BCUT2D eigenvalue weighted by Crippen LogP contribution is 2.42. The summed E-state index contributed by atoms with van der Waals surface area (Å²) >= 11 is 11.7. The van der Waals surface area contributed by atoms with Crippen LogP contribution in [0.4, 0.5) is 24.9 Å². The molecule has 8 aromatic carbocycles. The third-order valence-electron chi connectivity index (χ3n) is 21.9. The van der Waals surface area contributed by atoms with Crippen LogP contribution in [-0.4, -0.2) is 183 Å². The van der Waals surface area contributed by atoms with E-state index in [9.17, 15) is 28.7 Å². The van der Waals surface area contributed by atoms with Gasteiger partial charge in [-0.15, -0.1) is 45.3 Å². The van der Waals surface area contributed by atoms with Gasteiger partial charge in [0.2, 0.25) is 0 Å². The lowest BCUT2D eigenvalue weighted by Crippen LogP contribution is -2.37. The second-order valence-electron chi connectivity index (χ2n) is 30.6. The van der Waals surface area contributed by atoms with Gasteiger partial charge in [-0.2, -0.15) is 0 Å². The predicted molar refractivity (Wildman–Crippen MR) is 501 cm³/mol. The molecule has 4 saturated heterocycles. The number of halogens is 2. The number of hydrogen-bond donors (Lipinski definition) is 1. The summed E-state index contributed by atoms with van der Waals surface area (Å²) in [5, 5.41) is 20.2. The Morgan fingerprint density at radius 1 is 0.375 bits per heavy atom. The number of benzene rings is 8. The number of aromatic nitrogens is 4. The van der Waals surface area contributed by atoms with Crippen LogP contribution in [0.1, 0.15) is 121 Å². The van der Waals surface area contributed by atoms with Crippen molar-refractivity contribution >= 4 is 101 Å². The molecular weight excluding hydrogens is 1730 g/mol. The number of ether oxygens (including phenoxy) is 12. The second kappa shape index (κ2) is 45.0. The van der Waals surface area contributed by atoms with Gasteiger partial charge in [0.05, 0.1) is 137 Å². The van der Waals surface area contributed by atoms with Crippen molar-refractivity contribution in [2.45, 2.75) is 110 Å². The van der Waals surface area contributed by atoms with E-state index < -0.39 is 0 Å². The van der Waals surface area contributed by atoms with Gasteiger partial charge in [-0.05, 0) is 192 Å². The third-order valence-corrected chi connectivity index (χ3v) is 25.6. The second-order valence-corrected chi connectivity index (χ2v) is 34.4. The summed E-state index contributed by atoms with van der Waals surface area (Å²) < 4.78 is 80.1. The molecule has 128 heavy (non-hydrogen) atoms. The molecule has 0 bridgehead atoms. The van der Waals surface area contributed by atoms with E-state index in [1.54, 1.807) is 119 Å². The monoisotopic (exact) mass is 1830 g/mol. The molecule has 31 heteroatoms. The lowest BCUT2D eigenvalue weighted by molar-refractivity contribution is 0.0913. The Hall–Kier alpha value is -11.4. The molecular formula is C97H104ClFN8O17S4. The quantitative estimate of drug-likeness (QED) is 0.0456. The van der Waals surface area contributed by atoms with Gasteiger partial charge >= 0.3 is 0 Å². The van der Waals surface area contributed by atoms with E-state index in [0.29, 0.717) is 139 Å². The Kier molecular flexibility index (Phi) is 33.1. The van der Waals surface area contributed by atoms with Crippen LogP contribution < -0.4 is 57.5 Å². The zero-order chi connectivity index (χ0) is 90.5. The maximum Gasteiger partial charge on any atom is 0.260 e. The Bertz CT molecular complexity index is 5560. The number of methoxy groups -OCH3 is 8. The molecule has 4 aliphatic rings. The molecule has 0 spiro atoms. The van der Waals surface area contributed by atoms with E-state index in [1.807, 2.05) is 146 Å². The molecule has 4 amide bonds. The number of hydrogen-bond acceptors (Lipinski definition) is 25. The first kappa shape index (κ1) is 94.2. The predicted octanol–water partition coefficient (Wildman–Crippen LogP) is 20.1. The van der Waals surface area contributed by atoms with Gasteiger partial charge in [0, 0.05) is 97.5 Å². The Morgan fingerprint density at radius 2 is 0.633 bits per heavy atom. The van der Waals surface area contributed by atoms with E-state index in [1.165, 1.54) is 57.5 Å². The summed E-state index contributed by atoms with van der Waals surface area (Å²) in [5.41, 5.74) is 13.0. The fourth-order valence-corrected chi connectivity index (χ4v) is 18.9. The van der Waals surface area contributed by atoms with Crippen LogP contribution in [0.2, 0.25) is 5.02 Å². The van der Waals surface area contributed by atoms with Crippen molar-refractivity contribution in [2.75, 3.05) is 129 Å². The van der Waals surface area contributed by atoms with Crippen LogP contribution in [0.15, 0.2) is 173 Å². The van der Waals surface area contributed by atoms with Gasteiger partial charge in [0.15, 0.2) is 66.5 Å². The minimum atomic E-state index is -0.303. The van der Waals surface area contributed by atoms with E-state index in [2.05, 4.69) is 4.98 Å². The minimum absolute atomic E-state index is 0.00297.